The molecule has 0 atom stereocenters. The number of aryl methyl sites for hydroxylation is 1. The zero-order valence-electron chi connectivity index (χ0n) is 19.2. The molecule has 8 heteroatoms. The SMILES string of the molecule is COC(=O)c1cc(/N=C/c2ccco2)nc2c1c(C)nn2Cc1ccc(Oc2ccccc2)cc1. The van der Waals surface area contributed by atoms with Crippen molar-refractivity contribution < 1.29 is 18.7 Å². The molecule has 0 aliphatic heterocycles. The molecule has 35 heavy (non-hydrogen) atoms. The third kappa shape index (κ3) is 4.81. The van der Waals surface area contributed by atoms with E-state index in [1.807, 2.05) is 61.5 Å². The van der Waals surface area contributed by atoms with Crippen molar-refractivity contribution in [1.82, 2.24) is 14.8 Å². The summed E-state index contributed by atoms with van der Waals surface area (Å²) in [4.78, 5) is 21.6. The number of pyridine rings is 1. The predicted molar refractivity (Wildman–Crippen MR) is 132 cm³/mol. The number of aromatic nitrogens is 3. The number of methoxy groups -OCH3 is 1. The van der Waals surface area contributed by atoms with Crippen molar-refractivity contribution in [2.24, 2.45) is 4.99 Å². The second-order valence-corrected chi connectivity index (χ2v) is 7.79. The van der Waals surface area contributed by atoms with Gasteiger partial charge in [0, 0.05) is 0 Å². The maximum atomic E-state index is 12.5. The first kappa shape index (κ1) is 22.1. The van der Waals surface area contributed by atoms with E-state index in [2.05, 4.69) is 15.1 Å². The Kier molecular flexibility index (Phi) is 6.09. The Morgan fingerprint density at radius 3 is 2.54 bits per heavy atom. The summed E-state index contributed by atoms with van der Waals surface area (Å²) in [6.07, 6.45) is 3.11. The number of carbonyl (C=O) groups is 1. The fraction of sp³-hybridized carbons (Fsp3) is 0.111. The van der Waals surface area contributed by atoms with Crippen LogP contribution in [-0.2, 0) is 11.3 Å². The Hall–Kier alpha value is -4.72. The molecule has 0 bridgehead atoms. The van der Waals surface area contributed by atoms with Crippen LogP contribution in [0.4, 0.5) is 5.82 Å². The van der Waals surface area contributed by atoms with Gasteiger partial charge in [-0.1, -0.05) is 30.3 Å². The Balaban J connectivity index is 1.47. The summed E-state index contributed by atoms with van der Waals surface area (Å²) in [5, 5.41) is 5.29. The summed E-state index contributed by atoms with van der Waals surface area (Å²) < 4.78 is 17.9. The van der Waals surface area contributed by atoms with E-state index in [1.54, 1.807) is 35.4 Å². The van der Waals surface area contributed by atoms with Crippen molar-refractivity contribution in [3.63, 3.8) is 0 Å². The van der Waals surface area contributed by atoms with Gasteiger partial charge in [0.15, 0.2) is 11.5 Å². The summed E-state index contributed by atoms with van der Waals surface area (Å²) >= 11 is 0. The molecule has 8 nitrogen and oxygen atoms in total. The highest BCUT2D eigenvalue weighted by molar-refractivity contribution is 6.04. The molecule has 5 rings (SSSR count). The van der Waals surface area contributed by atoms with E-state index < -0.39 is 5.97 Å². The molecule has 0 saturated heterocycles. The average Bonchev–Trinajstić information content (AvgIpc) is 3.52. The first-order chi connectivity index (χ1) is 17.1. The molecule has 3 aromatic heterocycles. The third-order valence-corrected chi connectivity index (χ3v) is 5.37. The minimum atomic E-state index is -0.475. The largest absolute Gasteiger partial charge is 0.465 e. The number of nitrogens with zero attached hydrogens (tertiary/aromatic N) is 4. The topological polar surface area (TPSA) is 91.7 Å². The molecule has 0 aliphatic carbocycles. The van der Waals surface area contributed by atoms with Gasteiger partial charge in [-0.3, -0.25) is 0 Å². The minimum Gasteiger partial charge on any atom is -0.465 e. The Bertz CT molecular complexity index is 1490. The number of hydrogen-bond acceptors (Lipinski definition) is 7. The van der Waals surface area contributed by atoms with Crippen LogP contribution in [0.2, 0.25) is 0 Å². The van der Waals surface area contributed by atoms with Crippen molar-refractivity contribution in [2.75, 3.05) is 7.11 Å². The van der Waals surface area contributed by atoms with Crippen LogP contribution in [0.1, 0.15) is 27.4 Å². The number of para-hydroxylation sites is 1. The summed E-state index contributed by atoms with van der Waals surface area (Å²) in [7, 11) is 1.35. The first-order valence-electron chi connectivity index (χ1n) is 11.0. The van der Waals surface area contributed by atoms with Crippen LogP contribution in [0.5, 0.6) is 11.5 Å². The van der Waals surface area contributed by atoms with Crippen LogP contribution >= 0.6 is 0 Å². The van der Waals surface area contributed by atoms with E-state index in [1.165, 1.54) is 7.11 Å². The van der Waals surface area contributed by atoms with Gasteiger partial charge in [0.25, 0.3) is 0 Å². The standard InChI is InChI=1S/C27H22N4O4/c1-18-25-23(27(32)33-2)15-24(28-16-22-9-6-14-34-22)29-26(25)31(30-18)17-19-10-12-21(13-11-19)35-20-7-4-3-5-8-20/h3-16H,17H2,1-2H3/b28-16+. The molecule has 174 valence electrons. The van der Waals surface area contributed by atoms with Crippen LogP contribution in [-0.4, -0.2) is 34.1 Å². The fourth-order valence-corrected chi connectivity index (χ4v) is 3.74. The maximum Gasteiger partial charge on any atom is 0.338 e. The lowest BCUT2D eigenvalue weighted by Crippen LogP contribution is -2.05. The van der Waals surface area contributed by atoms with Crippen LogP contribution in [0.15, 0.2) is 88.5 Å². The van der Waals surface area contributed by atoms with Crippen LogP contribution < -0.4 is 4.74 Å². The number of rotatable bonds is 7. The number of benzene rings is 2. The smallest absolute Gasteiger partial charge is 0.338 e. The second-order valence-electron chi connectivity index (χ2n) is 7.79. The van der Waals surface area contributed by atoms with Crippen molar-refractivity contribution >= 4 is 29.0 Å². The van der Waals surface area contributed by atoms with Crippen molar-refractivity contribution in [1.29, 1.82) is 0 Å². The van der Waals surface area contributed by atoms with E-state index in [9.17, 15) is 4.79 Å². The predicted octanol–water partition coefficient (Wildman–Crippen LogP) is 5.71. The van der Waals surface area contributed by atoms with E-state index in [0.717, 1.165) is 17.1 Å². The minimum absolute atomic E-state index is 0.349. The number of fused-ring (bicyclic) bond motifs is 1. The van der Waals surface area contributed by atoms with Gasteiger partial charge < -0.3 is 13.9 Å². The van der Waals surface area contributed by atoms with Gasteiger partial charge >= 0.3 is 5.97 Å². The van der Waals surface area contributed by atoms with Gasteiger partial charge in [0.1, 0.15) is 17.3 Å². The van der Waals surface area contributed by atoms with E-state index in [4.69, 9.17) is 13.9 Å². The Morgan fingerprint density at radius 1 is 1.06 bits per heavy atom. The summed E-state index contributed by atoms with van der Waals surface area (Å²) in [6, 6.07) is 22.5. The molecular weight excluding hydrogens is 444 g/mol. The van der Waals surface area contributed by atoms with Gasteiger partial charge in [-0.2, -0.15) is 5.10 Å². The average molecular weight is 466 g/mol. The zero-order chi connectivity index (χ0) is 24.2. The summed E-state index contributed by atoms with van der Waals surface area (Å²) in [5.74, 6) is 1.96. The van der Waals surface area contributed by atoms with Crippen molar-refractivity contribution in [2.45, 2.75) is 13.5 Å². The van der Waals surface area contributed by atoms with Gasteiger partial charge in [0.2, 0.25) is 0 Å². The lowest BCUT2D eigenvalue weighted by Gasteiger charge is -2.08. The lowest BCUT2D eigenvalue weighted by atomic mass is 10.1. The lowest BCUT2D eigenvalue weighted by molar-refractivity contribution is 0.0603. The van der Waals surface area contributed by atoms with Crippen molar-refractivity contribution in [3.05, 3.63) is 102 Å². The highest BCUT2D eigenvalue weighted by Crippen LogP contribution is 2.27. The number of furan rings is 1. The second kappa shape index (κ2) is 9.64. The Labute approximate surface area is 201 Å². The first-order valence-corrected chi connectivity index (χ1v) is 11.0. The molecule has 0 unspecified atom stereocenters. The molecule has 2 aromatic carbocycles. The highest BCUT2D eigenvalue weighted by Gasteiger charge is 2.20. The fourth-order valence-electron chi connectivity index (χ4n) is 3.74. The molecule has 3 heterocycles. The van der Waals surface area contributed by atoms with Gasteiger partial charge in [-0.25, -0.2) is 19.5 Å². The summed E-state index contributed by atoms with van der Waals surface area (Å²) in [6.45, 7) is 2.30. The molecule has 0 aliphatic rings. The van der Waals surface area contributed by atoms with Crippen LogP contribution in [0.3, 0.4) is 0 Å². The Morgan fingerprint density at radius 2 is 1.83 bits per heavy atom. The third-order valence-electron chi connectivity index (χ3n) is 5.37. The molecule has 0 N–H and O–H groups in total. The summed E-state index contributed by atoms with van der Waals surface area (Å²) in [5.41, 5.74) is 2.58. The molecule has 0 spiro atoms. The number of aliphatic imine (C=N–C) groups is 1. The van der Waals surface area contributed by atoms with Crippen LogP contribution in [0, 0.1) is 6.92 Å². The van der Waals surface area contributed by atoms with Gasteiger partial charge in [-0.15, -0.1) is 0 Å². The normalized spacial score (nSPS) is 11.3. The number of hydrogen-bond donors (Lipinski definition) is 0. The quantitative estimate of drug-likeness (QED) is 0.225. The molecular formula is C27H22N4O4. The monoisotopic (exact) mass is 466 g/mol. The van der Waals surface area contributed by atoms with E-state index >= 15 is 0 Å². The molecule has 0 saturated carbocycles. The number of ether oxygens (including phenoxy) is 2. The highest BCUT2D eigenvalue weighted by atomic mass is 16.5. The molecule has 5 aromatic rings. The molecule has 0 amide bonds. The maximum absolute atomic E-state index is 12.5. The number of esters is 1. The van der Waals surface area contributed by atoms with E-state index in [0.29, 0.717) is 40.4 Å². The molecule has 0 fully saturated rings. The molecule has 0 radical (unpaired) electrons. The van der Waals surface area contributed by atoms with Gasteiger partial charge in [0.05, 0.1) is 42.8 Å². The van der Waals surface area contributed by atoms with Gasteiger partial charge in [-0.05, 0) is 55.0 Å². The van der Waals surface area contributed by atoms with Crippen LogP contribution in [0.25, 0.3) is 11.0 Å². The van der Waals surface area contributed by atoms with E-state index in [-0.39, 0.29) is 0 Å². The number of carbonyl (C=O) groups excluding carboxylic acids is 1. The van der Waals surface area contributed by atoms with Crippen molar-refractivity contribution in [3.8, 4) is 11.5 Å². The zero-order valence-corrected chi connectivity index (χ0v) is 19.2.